The number of carbonyl (C=O) groups excluding carboxylic acids is 1. The van der Waals surface area contributed by atoms with E-state index in [0.717, 1.165) is 17.7 Å². The highest BCUT2D eigenvalue weighted by Crippen LogP contribution is 2.25. The van der Waals surface area contributed by atoms with Crippen molar-refractivity contribution in [2.45, 2.75) is 0 Å². The van der Waals surface area contributed by atoms with Gasteiger partial charge in [0.05, 0.1) is 16.8 Å². The van der Waals surface area contributed by atoms with E-state index in [1.165, 1.54) is 12.1 Å². The zero-order valence-corrected chi connectivity index (χ0v) is 16.8. The Kier molecular flexibility index (Phi) is 6.71. The van der Waals surface area contributed by atoms with Gasteiger partial charge in [0, 0.05) is 48.2 Å². The third-order valence-electron chi connectivity index (χ3n) is 4.41. The van der Waals surface area contributed by atoms with Gasteiger partial charge in [0.25, 0.3) is 11.6 Å². The van der Waals surface area contributed by atoms with Crippen LogP contribution in [-0.2, 0) is 0 Å². The second-order valence-electron chi connectivity index (χ2n) is 7.03. The molecule has 1 amide bonds. The number of nitro groups is 1. The van der Waals surface area contributed by atoms with E-state index < -0.39 is 4.92 Å². The Labute approximate surface area is 174 Å². The molecule has 1 aromatic heterocycles. The average molecular weight is 405 g/mol. The summed E-state index contributed by atoms with van der Waals surface area (Å²) in [5, 5.41) is 17.0. The molecule has 1 heterocycles. The summed E-state index contributed by atoms with van der Waals surface area (Å²) in [6.07, 6.45) is 3.37. The van der Waals surface area contributed by atoms with Crippen LogP contribution in [0.3, 0.4) is 0 Å². The molecule has 0 aliphatic heterocycles. The predicted molar refractivity (Wildman–Crippen MR) is 117 cm³/mol. The number of anilines is 2. The minimum atomic E-state index is -0.432. The first kappa shape index (κ1) is 20.9. The van der Waals surface area contributed by atoms with Gasteiger partial charge in [-0.1, -0.05) is 18.2 Å². The van der Waals surface area contributed by atoms with Crippen LogP contribution in [0.15, 0.2) is 67.0 Å². The van der Waals surface area contributed by atoms with Crippen LogP contribution in [0.1, 0.15) is 10.4 Å². The molecular weight excluding hydrogens is 382 g/mol. The molecule has 0 saturated carbocycles. The van der Waals surface area contributed by atoms with Crippen LogP contribution >= 0.6 is 0 Å². The maximum Gasteiger partial charge on any atom is 0.271 e. The summed E-state index contributed by atoms with van der Waals surface area (Å²) in [6.45, 7) is 1.36. The summed E-state index contributed by atoms with van der Waals surface area (Å²) in [5.41, 5.74) is 3.70. The molecule has 3 aromatic rings. The van der Waals surface area contributed by atoms with E-state index >= 15 is 0 Å². The Morgan fingerprint density at radius 1 is 1.03 bits per heavy atom. The molecule has 0 saturated heterocycles. The number of carbonyl (C=O) groups is 1. The Morgan fingerprint density at radius 2 is 1.80 bits per heavy atom. The molecule has 8 heteroatoms. The topological polar surface area (TPSA) is 100 Å². The van der Waals surface area contributed by atoms with E-state index in [1.807, 2.05) is 37.2 Å². The van der Waals surface area contributed by atoms with Gasteiger partial charge in [-0.3, -0.25) is 19.9 Å². The minimum absolute atomic E-state index is 0.0172. The van der Waals surface area contributed by atoms with Crippen molar-refractivity contribution >= 4 is 23.0 Å². The lowest BCUT2D eigenvalue weighted by molar-refractivity contribution is -0.384. The number of hydrogen-bond acceptors (Lipinski definition) is 6. The van der Waals surface area contributed by atoms with E-state index in [4.69, 9.17) is 0 Å². The van der Waals surface area contributed by atoms with E-state index in [0.29, 0.717) is 23.5 Å². The number of pyridine rings is 1. The molecule has 0 spiro atoms. The average Bonchev–Trinajstić information content (AvgIpc) is 2.74. The van der Waals surface area contributed by atoms with Crippen LogP contribution in [-0.4, -0.2) is 47.9 Å². The Hall–Kier alpha value is -3.78. The highest BCUT2D eigenvalue weighted by Gasteiger charge is 2.08. The van der Waals surface area contributed by atoms with Gasteiger partial charge < -0.3 is 15.5 Å². The number of rotatable bonds is 8. The van der Waals surface area contributed by atoms with Gasteiger partial charge in [0.2, 0.25) is 0 Å². The fourth-order valence-electron chi connectivity index (χ4n) is 2.84. The number of benzene rings is 2. The molecule has 0 atom stereocenters. The van der Waals surface area contributed by atoms with E-state index in [1.54, 1.807) is 36.7 Å². The summed E-state index contributed by atoms with van der Waals surface area (Å²) < 4.78 is 0. The predicted octanol–water partition coefficient (Wildman–Crippen LogP) is 3.69. The van der Waals surface area contributed by atoms with Crippen LogP contribution in [0.2, 0.25) is 0 Å². The standard InChI is InChI=1S/C22H23N5O3/c1-26(2)11-10-24-22(28)17-8-6-16(7-9-17)18-12-20(15-23-14-18)25-19-4-3-5-21(13-19)27(29)30/h3-9,12-15,25H,10-11H2,1-2H3,(H,24,28). The lowest BCUT2D eigenvalue weighted by Crippen LogP contribution is -2.31. The van der Waals surface area contributed by atoms with Crippen LogP contribution in [0.25, 0.3) is 11.1 Å². The molecule has 0 radical (unpaired) electrons. The van der Waals surface area contributed by atoms with Crippen LogP contribution in [0, 0.1) is 10.1 Å². The number of nitrogens with zero attached hydrogens (tertiary/aromatic N) is 3. The zero-order chi connectivity index (χ0) is 21.5. The molecule has 0 aliphatic carbocycles. The molecule has 8 nitrogen and oxygen atoms in total. The normalized spacial score (nSPS) is 10.6. The first-order valence-electron chi connectivity index (χ1n) is 9.42. The van der Waals surface area contributed by atoms with Crippen molar-refractivity contribution in [1.29, 1.82) is 0 Å². The van der Waals surface area contributed by atoms with Crippen molar-refractivity contribution in [2.24, 2.45) is 0 Å². The molecule has 0 unspecified atom stereocenters. The monoisotopic (exact) mass is 405 g/mol. The Morgan fingerprint density at radius 3 is 2.50 bits per heavy atom. The van der Waals surface area contributed by atoms with Gasteiger partial charge in [-0.2, -0.15) is 0 Å². The molecule has 30 heavy (non-hydrogen) atoms. The van der Waals surface area contributed by atoms with E-state index in [9.17, 15) is 14.9 Å². The Balaban J connectivity index is 1.70. The maximum absolute atomic E-state index is 12.2. The lowest BCUT2D eigenvalue weighted by atomic mass is 10.0. The number of likely N-dealkylation sites (N-methyl/N-ethyl adjacent to an activating group) is 1. The number of hydrogen-bond donors (Lipinski definition) is 2. The van der Waals surface area contributed by atoms with Crippen molar-refractivity contribution in [3.8, 4) is 11.1 Å². The minimum Gasteiger partial charge on any atom is -0.354 e. The quantitative estimate of drug-likeness (QED) is 0.438. The van der Waals surface area contributed by atoms with Crippen molar-refractivity contribution in [3.05, 3.63) is 82.7 Å². The second-order valence-corrected chi connectivity index (χ2v) is 7.03. The molecule has 0 aliphatic rings. The van der Waals surface area contributed by atoms with E-state index in [2.05, 4.69) is 15.6 Å². The van der Waals surface area contributed by atoms with Crippen LogP contribution in [0.5, 0.6) is 0 Å². The van der Waals surface area contributed by atoms with Gasteiger partial charge in [0.1, 0.15) is 0 Å². The first-order chi connectivity index (χ1) is 14.4. The Bertz CT molecular complexity index is 1030. The lowest BCUT2D eigenvalue weighted by Gasteiger charge is -2.11. The van der Waals surface area contributed by atoms with Gasteiger partial charge >= 0.3 is 0 Å². The molecule has 3 rings (SSSR count). The van der Waals surface area contributed by atoms with Crippen molar-refractivity contribution in [1.82, 2.24) is 15.2 Å². The summed E-state index contributed by atoms with van der Waals surface area (Å²) in [7, 11) is 3.91. The number of nitro benzene ring substituents is 1. The SMILES string of the molecule is CN(C)CCNC(=O)c1ccc(-c2cncc(Nc3cccc([N+](=O)[O-])c3)c2)cc1. The van der Waals surface area contributed by atoms with Gasteiger partial charge in [-0.05, 0) is 43.9 Å². The number of non-ortho nitro benzene ring substituents is 1. The highest BCUT2D eigenvalue weighted by molar-refractivity contribution is 5.94. The van der Waals surface area contributed by atoms with Gasteiger partial charge in [-0.15, -0.1) is 0 Å². The largest absolute Gasteiger partial charge is 0.354 e. The fourth-order valence-corrected chi connectivity index (χ4v) is 2.84. The molecule has 154 valence electrons. The highest BCUT2D eigenvalue weighted by atomic mass is 16.6. The van der Waals surface area contributed by atoms with Crippen molar-refractivity contribution < 1.29 is 9.72 Å². The van der Waals surface area contributed by atoms with Gasteiger partial charge in [-0.25, -0.2) is 0 Å². The maximum atomic E-state index is 12.2. The summed E-state index contributed by atoms with van der Waals surface area (Å²) in [4.78, 5) is 29.0. The third-order valence-corrected chi connectivity index (χ3v) is 4.41. The molecule has 2 aromatic carbocycles. The van der Waals surface area contributed by atoms with E-state index in [-0.39, 0.29) is 11.6 Å². The van der Waals surface area contributed by atoms with Crippen molar-refractivity contribution in [2.75, 3.05) is 32.5 Å². The van der Waals surface area contributed by atoms with Crippen molar-refractivity contribution in [3.63, 3.8) is 0 Å². The molecule has 0 bridgehead atoms. The fraction of sp³-hybridized carbons (Fsp3) is 0.182. The smallest absolute Gasteiger partial charge is 0.271 e. The molecular formula is C22H23N5O3. The molecule has 0 fully saturated rings. The first-order valence-corrected chi connectivity index (χ1v) is 9.42. The number of nitrogens with one attached hydrogen (secondary N) is 2. The second kappa shape index (κ2) is 9.62. The third kappa shape index (κ3) is 5.62. The summed E-state index contributed by atoms with van der Waals surface area (Å²) in [5.74, 6) is -0.109. The van der Waals surface area contributed by atoms with Crippen LogP contribution in [0.4, 0.5) is 17.1 Å². The number of aromatic nitrogens is 1. The zero-order valence-electron chi connectivity index (χ0n) is 16.8. The van der Waals surface area contributed by atoms with Gasteiger partial charge in [0.15, 0.2) is 0 Å². The number of amides is 1. The van der Waals surface area contributed by atoms with Crippen LogP contribution < -0.4 is 10.6 Å². The summed E-state index contributed by atoms with van der Waals surface area (Å²) in [6, 6.07) is 15.5. The molecule has 2 N–H and O–H groups in total. The summed E-state index contributed by atoms with van der Waals surface area (Å²) >= 11 is 0.